The number of benzene rings is 1. The van der Waals surface area contributed by atoms with Crippen LogP contribution >= 0.6 is 0 Å². The minimum atomic E-state index is 0.271. The fourth-order valence-electron chi connectivity index (χ4n) is 3.42. The molecule has 0 bridgehead atoms. The summed E-state index contributed by atoms with van der Waals surface area (Å²) in [6.45, 7) is 4.42. The molecule has 1 aliphatic rings. The van der Waals surface area contributed by atoms with Gasteiger partial charge < -0.3 is 15.5 Å². The summed E-state index contributed by atoms with van der Waals surface area (Å²) in [5, 5.41) is 8.73. The third-order valence-corrected chi connectivity index (χ3v) is 4.94. The fraction of sp³-hybridized carbons (Fsp3) is 0.333. The molecule has 0 atom stereocenters. The SMILES string of the molecule is Cc1cnc(Nc2nccc3ccccc23)nc1NCCCN1CCCC1=O. The van der Waals surface area contributed by atoms with Crippen molar-refractivity contribution in [2.45, 2.75) is 26.2 Å². The average molecular weight is 376 g/mol. The molecule has 1 fully saturated rings. The number of nitrogens with zero attached hydrogens (tertiary/aromatic N) is 4. The van der Waals surface area contributed by atoms with Gasteiger partial charge in [0.2, 0.25) is 11.9 Å². The van der Waals surface area contributed by atoms with Crippen LogP contribution in [0.1, 0.15) is 24.8 Å². The smallest absolute Gasteiger partial charge is 0.230 e. The molecule has 2 N–H and O–H groups in total. The fourth-order valence-corrected chi connectivity index (χ4v) is 3.42. The lowest BCUT2D eigenvalue weighted by molar-refractivity contribution is -0.127. The van der Waals surface area contributed by atoms with Gasteiger partial charge in [0.1, 0.15) is 11.6 Å². The molecule has 28 heavy (non-hydrogen) atoms. The minimum Gasteiger partial charge on any atom is -0.370 e. The van der Waals surface area contributed by atoms with Gasteiger partial charge in [0.25, 0.3) is 0 Å². The number of hydrogen-bond acceptors (Lipinski definition) is 6. The molecule has 0 radical (unpaired) electrons. The summed E-state index contributed by atoms with van der Waals surface area (Å²) in [6.07, 6.45) is 6.14. The van der Waals surface area contributed by atoms with Crippen molar-refractivity contribution in [2.24, 2.45) is 0 Å². The van der Waals surface area contributed by atoms with E-state index in [1.54, 1.807) is 12.4 Å². The predicted octanol–water partition coefficient (Wildman–Crippen LogP) is 3.50. The van der Waals surface area contributed by atoms with Crippen molar-refractivity contribution in [1.82, 2.24) is 19.9 Å². The number of hydrogen-bond donors (Lipinski definition) is 2. The van der Waals surface area contributed by atoms with E-state index in [2.05, 4.69) is 31.7 Å². The van der Waals surface area contributed by atoms with Crippen molar-refractivity contribution < 1.29 is 4.79 Å². The van der Waals surface area contributed by atoms with Crippen LogP contribution in [0, 0.1) is 6.92 Å². The quantitative estimate of drug-likeness (QED) is 0.614. The molecule has 4 rings (SSSR count). The summed E-state index contributed by atoms with van der Waals surface area (Å²) in [7, 11) is 0. The van der Waals surface area contributed by atoms with E-state index in [9.17, 15) is 4.79 Å². The molecule has 144 valence electrons. The Labute approximate surface area is 164 Å². The molecule has 2 aromatic heterocycles. The van der Waals surface area contributed by atoms with Crippen LogP contribution in [0.3, 0.4) is 0 Å². The second-order valence-corrected chi connectivity index (χ2v) is 7.00. The minimum absolute atomic E-state index is 0.271. The van der Waals surface area contributed by atoms with Crippen molar-refractivity contribution in [3.05, 3.63) is 48.3 Å². The van der Waals surface area contributed by atoms with E-state index in [0.717, 1.165) is 60.4 Å². The first-order valence-electron chi connectivity index (χ1n) is 9.67. The molecular formula is C21H24N6O. The van der Waals surface area contributed by atoms with E-state index in [-0.39, 0.29) is 5.91 Å². The number of fused-ring (bicyclic) bond motifs is 1. The Morgan fingerprint density at radius 2 is 2.04 bits per heavy atom. The number of rotatable bonds is 7. The summed E-state index contributed by atoms with van der Waals surface area (Å²) in [5.74, 6) is 2.31. The summed E-state index contributed by atoms with van der Waals surface area (Å²) < 4.78 is 0. The molecule has 1 amide bonds. The van der Waals surface area contributed by atoms with Crippen molar-refractivity contribution in [3.63, 3.8) is 0 Å². The van der Waals surface area contributed by atoms with Gasteiger partial charge in [-0.2, -0.15) is 4.98 Å². The van der Waals surface area contributed by atoms with Crippen LogP contribution in [0.15, 0.2) is 42.7 Å². The Morgan fingerprint density at radius 1 is 1.14 bits per heavy atom. The third-order valence-electron chi connectivity index (χ3n) is 4.94. The summed E-state index contributed by atoms with van der Waals surface area (Å²) in [4.78, 5) is 27.0. The lowest BCUT2D eigenvalue weighted by Crippen LogP contribution is -2.27. The number of carbonyl (C=O) groups is 1. The number of carbonyl (C=O) groups excluding carboxylic acids is 1. The molecular weight excluding hydrogens is 352 g/mol. The Morgan fingerprint density at radius 3 is 2.89 bits per heavy atom. The maximum absolute atomic E-state index is 11.7. The van der Waals surface area contributed by atoms with E-state index in [0.29, 0.717) is 12.4 Å². The van der Waals surface area contributed by atoms with Gasteiger partial charge >= 0.3 is 0 Å². The van der Waals surface area contributed by atoms with Crippen LogP contribution in [0.2, 0.25) is 0 Å². The molecule has 0 aliphatic carbocycles. The first kappa shape index (κ1) is 18.2. The zero-order valence-corrected chi connectivity index (χ0v) is 16.0. The molecule has 3 aromatic rings. The van der Waals surface area contributed by atoms with Crippen LogP contribution in [-0.4, -0.2) is 45.4 Å². The highest BCUT2D eigenvalue weighted by Crippen LogP contribution is 2.23. The Balaban J connectivity index is 1.41. The zero-order chi connectivity index (χ0) is 19.3. The number of aryl methyl sites for hydroxylation is 1. The van der Waals surface area contributed by atoms with Crippen LogP contribution in [-0.2, 0) is 4.79 Å². The van der Waals surface area contributed by atoms with Gasteiger partial charge in [0.15, 0.2) is 0 Å². The highest BCUT2D eigenvalue weighted by molar-refractivity contribution is 5.92. The monoisotopic (exact) mass is 376 g/mol. The second-order valence-electron chi connectivity index (χ2n) is 7.00. The summed E-state index contributed by atoms with van der Waals surface area (Å²) in [5.41, 5.74) is 0.980. The van der Waals surface area contributed by atoms with Crippen molar-refractivity contribution >= 4 is 34.3 Å². The lowest BCUT2D eigenvalue weighted by atomic mass is 10.1. The van der Waals surface area contributed by atoms with Gasteiger partial charge in [-0.25, -0.2) is 9.97 Å². The molecule has 1 aromatic carbocycles. The average Bonchev–Trinajstić information content (AvgIpc) is 3.12. The van der Waals surface area contributed by atoms with Gasteiger partial charge in [-0.05, 0) is 31.2 Å². The molecule has 3 heterocycles. The standard InChI is InChI=1S/C21H24N6O/c1-15-14-24-21(26-20-17-7-3-2-6-16(17)9-11-23-20)25-19(15)22-10-5-13-27-12-4-8-18(27)28/h2-3,6-7,9,11,14H,4-5,8,10,12-13H2,1H3,(H2,22,23,24,25,26). The molecule has 7 heteroatoms. The number of amides is 1. The molecule has 0 unspecified atom stereocenters. The number of anilines is 3. The Hall–Kier alpha value is -3.22. The van der Waals surface area contributed by atoms with Gasteiger partial charge in [-0.1, -0.05) is 24.3 Å². The van der Waals surface area contributed by atoms with Crippen LogP contribution in [0.4, 0.5) is 17.6 Å². The van der Waals surface area contributed by atoms with E-state index >= 15 is 0 Å². The maximum Gasteiger partial charge on any atom is 0.230 e. The van der Waals surface area contributed by atoms with Crippen molar-refractivity contribution in [2.75, 3.05) is 30.3 Å². The number of likely N-dealkylation sites (tertiary alicyclic amines) is 1. The first-order valence-corrected chi connectivity index (χ1v) is 9.67. The molecule has 1 aliphatic heterocycles. The van der Waals surface area contributed by atoms with E-state index < -0.39 is 0 Å². The molecule has 0 spiro atoms. The number of pyridine rings is 1. The van der Waals surface area contributed by atoms with Crippen LogP contribution < -0.4 is 10.6 Å². The zero-order valence-electron chi connectivity index (χ0n) is 16.0. The summed E-state index contributed by atoms with van der Waals surface area (Å²) in [6, 6.07) is 10.1. The van der Waals surface area contributed by atoms with Gasteiger partial charge in [-0.15, -0.1) is 0 Å². The largest absolute Gasteiger partial charge is 0.370 e. The number of aromatic nitrogens is 3. The normalized spacial score (nSPS) is 13.9. The van der Waals surface area contributed by atoms with Crippen molar-refractivity contribution in [1.29, 1.82) is 0 Å². The van der Waals surface area contributed by atoms with E-state index in [1.807, 2.05) is 36.1 Å². The van der Waals surface area contributed by atoms with Gasteiger partial charge in [0, 0.05) is 49.4 Å². The Bertz CT molecular complexity index is 984. The highest BCUT2D eigenvalue weighted by atomic mass is 16.2. The number of nitrogens with one attached hydrogen (secondary N) is 2. The van der Waals surface area contributed by atoms with E-state index in [4.69, 9.17) is 0 Å². The lowest BCUT2D eigenvalue weighted by Gasteiger charge is -2.16. The second kappa shape index (κ2) is 8.21. The van der Waals surface area contributed by atoms with Gasteiger partial charge in [-0.3, -0.25) is 4.79 Å². The molecule has 0 saturated carbocycles. The van der Waals surface area contributed by atoms with Gasteiger partial charge in [0.05, 0.1) is 0 Å². The van der Waals surface area contributed by atoms with Crippen LogP contribution in [0.25, 0.3) is 10.8 Å². The summed E-state index contributed by atoms with van der Waals surface area (Å²) >= 11 is 0. The Kier molecular flexibility index (Phi) is 5.32. The van der Waals surface area contributed by atoms with Crippen LogP contribution in [0.5, 0.6) is 0 Å². The van der Waals surface area contributed by atoms with Crippen molar-refractivity contribution in [3.8, 4) is 0 Å². The highest BCUT2D eigenvalue weighted by Gasteiger charge is 2.19. The first-order chi connectivity index (χ1) is 13.7. The topological polar surface area (TPSA) is 83.0 Å². The van der Waals surface area contributed by atoms with E-state index in [1.165, 1.54) is 0 Å². The predicted molar refractivity (Wildman–Crippen MR) is 111 cm³/mol. The third kappa shape index (κ3) is 4.03. The maximum atomic E-state index is 11.7. The molecule has 7 nitrogen and oxygen atoms in total. The molecule has 1 saturated heterocycles.